The van der Waals surface area contributed by atoms with E-state index in [1.807, 2.05) is 6.07 Å². The Kier molecular flexibility index (Phi) is 4.95. The summed E-state index contributed by atoms with van der Waals surface area (Å²) in [6.07, 6.45) is -3.46. The zero-order valence-corrected chi connectivity index (χ0v) is 9.78. The lowest BCUT2D eigenvalue weighted by Gasteiger charge is -2.23. The van der Waals surface area contributed by atoms with Crippen molar-refractivity contribution in [3.63, 3.8) is 0 Å². The second-order valence-corrected chi connectivity index (χ2v) is 3.75. The first-order valence-electron chi connectivity index (χ1n) is 5.47. The van der Waals surface area contributed by atoms with Crippen LogP contribution in [0.3, 0.4) is 0 Å². The van der Waals surface area contributed by atoms with Crippen LogP contribution in [0.15, 0.2) is 43.0 Å². The van der Waals surface area contributed by atoms with Crippen molar-refractivity contribution in [2.45, 2.75) is 19.1 Å². The summed E-state index contributed by atoms with van der Waals surface area (Å²) in [5.41, 5.74) is 0.839. The van der Waals surface area contributed by atoms with Gasteiger partial charge in [0, 0.05) is 13.0 Å². The largest absolute Gasteiger partial charge is 0.487 e. The molecule has 0 aromatic heterocycles. The molecule has 0 fully saturated rings. The van der Waals surface area contributed by atoms with E-state index in [9.17, 15) is 18.0 Å². The van der Waals surface area contributed by atoms with Gasteiger partial charge < -0.3 is 0 Å². The third-order valence-electron chi connectivity index (χ3n) is 2.39. The summed E-state index contributed by atoms with van der Waals surface area (Å²) in [6, 6.07) is 8.93. The molecule has 0 aliphatic carbocycles. The van der Waals surface area contributed by atoms with E-state index in [0.717, 1.165) is 11.6 Å². The van der Waals surface area contributed by atoms with E-state index < -0.39 is 18.8 Å². The van der Waals surface area contributed by atoms with Crippen molar-refractivity contribution in [3.05, 3.63) is 48.6 Å². The highest BCUT2D eigenvalue weighted by atomic mass is 19.4. The standard InChI is InChI=1S/C13H14F3NO/c1-2-10-17(13(14,15)16)12(18)9-8-11-6-4-3-5-7-11/h2-7H,1,8-10H2. The Morgan fingerprint density at radius 1 is 1.28 bits per heavy atom. The number of amides is 1. The number of alkyl halides is 3. The molecule has 0 bridgehead atoms. The van der Waals surface area contributed by atoms with E-state index in [1.165, 1.54) is 0 Å². The van der Waals surface area contributed by atoms with E-state index in [4.69, 9.17) is 0 Å². The van der Waals surface area contributed by atoms with E-state index in [2.05, 4.69) is 6.58 Å². The predicted octanol–water partition coefficient (Wildman–Crippen LogP) is 3.15. The van der Waals surface area contributed by atoms with Crippen LogP contribution >= 0.6 is 0 Å². The number of nitrogens with zero attached hydrogens (tertiary/aromatic N) is 1. The number of hydrogen-bond acceptors (Lipinski definition) is 1. The summed E-state index contributed by atoms with van der Waals surface area (Å²) in [6.45, 7) is 2.70. The lowest BCUT2D eigenvalue weighted by Crippen LogP contribution is -2.42. The molecule has 1 rings (SSSR count). The zero-order chi connectivity index (χ0) is 13.6. The Morgan fingerprint density at radius 2 is 1.89 bits per heavy atom. The molecule has 0 aliphatic heterocycles. The van der Waals surface area contributed by atoms with Crippen LogP contribution in [-0.4, -0.2) is 23.7 Å². The maximum atomic E-state index is 12.5. The molecule has 0 unspecified atom stereocenters. The van der Waals surface area contributed by atoms with Crippen LogP contribution in [0.5, 0.6) is 0 Å². The quantitative estimate of drug-likeness (QED) is 0.586. The summed E-state index contributed by atoms with van der Waals surface area (Å²) in [7, 11) is 0. The van der Waals surface area contributed by atoms with E-state index in [1.54, 1.807) is 24.3 Å². The van der Waals surface area contributed by atoms with Gasteiger partial charge in [0.1, 0.15) is 0 Å². The van der Waals surface area contributed by atoms with Gasteiger partial charge >= 0.3 is 6.30 Å². The number of benzene rings is 1. The summed E-state index contributed by atoms with van der Waals surface area (Å²) in [4.78, 5) is 11.4. The molecule has 0 heterocycles. The topological polar surface area (TPSA) is 20.3 Å². The van der Waals surface area contributed by atoms with Crippen molar-refractivity contribution in [2.24, 2.45) is 0 Å². The first-order chi connectivity index (χ1) is 8.45. The van der Waals surface area contributed by atoms with Crippen LogP contribution < -0.4 is 0 Å². The second kappa shape index (κ2) is 6.23. The van der Waals surface area contributed by atoms with Crippen molar-refractivity contribution in [3.8, 4) is 0 Å². The fraction of sp³-hybridized carbons (Fsp3) is 0.308. The average Bonchev–Trinajstić information content (AvgIpc) is 2.33. The van der Waals surface area contributed by atoms with Gasteiger partial charge in [-0.3, -0.25) is 4.79 Å². The minimum atomic E-state index is -4.65. The van der Waals surface area contributed by atoms with Gasteiger partial charge in [-0.15, -0.1) is 19.8 Å². The molecule has 1 amide bonds. The fourth-order valence-corrected chi connectivity index (χ4v) is 1.51. The zero-order valence-electron chi connectivity index (χ0n) is 9.78. The Bertz CT molecular complexity index is 400. The summed E-state index contributed by atoms with van der Waals surface area (Å²) < 4.78 is 37.6. The molecule has 2 nitrogen and oxygen atoms in total. The molecule has 1 aromatic rings. The third kappa shape index (κ3) is 4.24. The van der Waals surface area contributed by atoms with Crippen LogP contribution in [0.1, 0.15) is 12.0 Å². The molecule has 98 valence electrons. The van der Waals surface area contributed by atoms with E-state index in [0.29, 0.717) is 6.42 Å². The van der Waals surface area contributed by atoms with Crippen molar-refractivity contribution in [1.82, 2.24) is 4.90 Å². The van der Waals surface area contributed by atoms with Gasteiger partial charge in [-0.05, 0) is 12.0 Å². The molecular formula is C13H14F3NO. The molecule has 0 atom stereocenters. The first kappa shape index (κ1) is 14.3. The smallest absolute Gasteiger partial charge is 0.275 e. The van der Waals surface area contributed by atoms with E-state index in [-0.39, 0.29) is 11.3 Å². The summed E-state index contributed by atoms with van der Waals surface area (Å²) in [5, 5.41) is 0. The van der Waals surface area contributed by atoms with Crippen LogP contribution in [0, 0.1) is 0 Å². The molecule has 0 N–H and O–H groups in total. The van der Waals surface area contributed by atoms with Gasteiger partial charge in [-0.25, -0.2) is 4.90 Å². The van der Waals surface area contributed by atoms with Gasteiger partial charge in [0.15, 0.2) is 0 Å². The molecular weight excluding hydrogens is 243 g/mol. The maximum Gasteiger partial charge on any atom is 0.487 e. The minimum Gasteiger partial charge on any atom is -0.275 e. The van der Waals surface area contributed by atoms with E-state index >= 15 is 0 Å². The molecule has 0 radical (unpaired) electrons. The molecule has 0 saturated carbocycles. The maximum absolute atomic E-state index is 12.5. The van der Waals surface area contributed by atoms with Crippen molar-refractivity contribution in [1.29, 1.82) is 0 Å². The highest BCUT2D eigenvalue weighted by molar-refractivity contribution is 5.77. The van der Waals surface area contributed by atoms with Crippen molar-refractivity contribution < 1.29 is 18.0 Å². The summed E-state index contributed by atoms with van der Waals surface area (Å²) >= 11 is 0. The Labute approximate surface area is 104 Å². The first-order valence-corrected chi connectivity index (χ1v) is 5.47. The number of rotatable bonds is 5. The van der Waals surface area contributed by atoms with Crippen LogP contribution in [0.4, 0.5) is 13.2 Å². The lowest BCUT2D eigenvalue weighted by atomic mass is 10.1. The normalized spacial score (nSPS) is 11.1. The summed E-state index contributed by atoms with van der Waals surface area (Å²) in [5.74, 6) is -0.939. The number of hydrogen-bond donors (Lipinski definition) is 0. The monoisotopic (exact) mass is 257 g/mol. The van der Waals surface area contributed by atoms with Gasteiger partial charge in [0.05, 0.1) is 0 Å². The molecule has 18 heavy (non-hydrogen) atoms. The van der Waals surface area contributed by atoms with Crippen LogP contribution in [0.25, 0.3) is 0 Å². The number of carbonyl (C=O) groups excluding carboxylic acids is 1. The highest BCUT2D eigenvalue weighted by Gasteiger charge is 2.39. The Balaban J connectivity index is 2.60. The van der Waals surface area contributed by atoms with Gasteiger partial charge in [0.2, 0.25) is 5.91 Å². The predicted molar refractivity (Wildman–Crippen MR) is 62.7 cm³/mol. The van der Waals surface area contributed by atoms with Crippen molar-refractivity contribution >= 4 is 5.91 Å². The SMILES string of the molecule is C=CCN(C(=O)CCc1ccccc1)C(F)(F)F. The van der Waals surface area contributed by atoms with Gasteiger partial charge in [0.25, 0.3) is 0 Å². The number of aryl methyl sites for hydroxylation is 1. The highest BCUT2D eigenvalue weighted by Crippen LogP contribution is 2.22. The fourth-order valence-electron chi connectivity index (χ4n) is 1.51. The lowest BCUT2D eigenvalue weighted by molar-refractivity contribution is -0.237. The molecule has 0 saturated heterocycles. The average molecular weight is 257 g/mol. The van der Waals surface area contributed by atoms with Crippen molar-refractivity contribution in [2.75, 3.05) is 6.54 Å². The molecule has 0 spiro atoms. The van der Waals surface area contributed by atoms with Gasteiger partial charge in [-0.1, -0.05) is 36.4 Å². The minimum absolute atomic E-state index is 0.122. The third-order valence-corrected chi connectivity index (χ3v) is 2.39. The Hall–Kier alpha value is -1.78. The second-order valence-electron chi connectivity index (χ2n) is 3.75. The Morgan fingerprint density at radius 3 is 2.39 bits per heavy atom. The van der Waals surface area contributed by atoms with Crippen LogP contribution in [-0.2, 0) is 11.2 Å². The van der Waals surface area contributed by atoms with Gasteiger partial charge in [-0.2, -0.15) is 0 Å². The molecule has 5 heteroatoms. The number of halogens is 3. The molecule has 0 aliphatic rings. The number of carbonyl (C=O) groups is 1. The molecule has 1 aromatic carbocycles. The van der Waals surface area contributed by atoms with Crippen LogP contribution in [0.2, 0.25) is 0 Å².